The largest absolute Gasteiger partial charge is 0.378 e. The van der Waals surface area contributed by atoms with Crippen molar-refractivity contribution >= 4 is 51.9 Å². The van der Waals surface area contributed by atoms with E-state index in [-0.39, 0.29) is 22.3 Å². The summed E-state index contributed by atoms with van der Waals surface area (Å²) >= 11 is 5.44. The number of carbonyl (C=O) groups excluding carboxylic acids is 2. The monoisotopic (exact) mass is 526 g/mol. The fourth-order valence-corrected chi connectivity index (χ4v) is 4.70. The Balaban J connectivity index is 1.47. The lowest BCUT2D eigenvalue weighted by Crippen LogP contribution is -2.48. The van der Waals surface area contributed by atoms with Crippen molar-refractivity contribution < 1.29 is 19.2 Å². The highest BCUT2D eigenvalue weighted by molar-refractivity contribution is 7.80. The summed E-state index contributed by atoms with van der Waals surface area (Å²) in [4.78, 5) is 42.1. The zero-order valence-corrected chi connectivity index (χ0v) is 21.5. The maximum atomic E-state index is 13.2. The van der Waals surface area contributed by atoms with Crippen molar-refractivity contribution in [1.82, 2.24) is 10.2 Å². The van der Waals surface area contributed by atoms with Crippen LogP contribution in [0.4, 0.5) is 22.7 Å². The predicted molar refractivity (Wildman–Crippen MR) is 145 cm³/mol. The molecule has 2 heterocycles. The lowest BCUT2D eigenvalue weighted by Gasteiger charge is -2.37. The summed E-state index contributed by atoms with van der Waals surface area (Å²) in [5, 5.41) is 17.2. The van der Waals surface area contributed by atoms with Gasteiger partial charge in [-0.25, -0.2) is 0 Å². The molecular weight excluding hydrogens is 496 g/mol. The van der Waals surface area contributed by atoms with E-state index in [9.17, 15) is 19.7 Å². The van der Waals surface area contributed by atoms with Crippen LogP contribution >= 0.6 is 12.2 Å². The molecule has 2 aliphatic heterocycles. The standard InChI is InChI=1S/C25H30N6O5S/c1-2-23(32)30-11-9-28(10-12-30)22-6-4-3-5-20(22)26-25(37)27-24(33)19-17-18(31(34)35)7-8-21(19)29-13-15-36-16-14-29/h3-8,17H,2,9-16H2,1H3,(H2,26,27,33,37). The topological polar surface area (TPSA) is 120 Å². The van der Waals surface area contributed by atoms with Gasteiger partial charge in [0, 0.05) is 57.8 Å². The number of hydrogen-bond donors (Lipinski definition) is 2. The van der Waals surface area contributed by atoms with Gasteiger partial charge in [0.1, 0.15) is 0 Å². The van der Waals surface area contributed by atoms with Crippen molar-refractivity contribution in [1.29, 1.82) is 0 Å². The summed E-state index contributed by atoms with van der Waals surface area (Å²) in [5.74, 6) is -0.389. The Morgan fingerprint density at radius 1 is 1.00 bits per heavy atom. The van der Waals surface area contributed by atoms with Crippen LogP contribution in [0.5, 0.6) is 0 Å². The molecule has 0 unspecified atom stereocenters. The summed E-state index contributed by atoms with van der Waals surface area (Å²) in [7, 11) is 0. The number of hydrogen-bond acceptors (Lipinski definition) is 8. The first-order valence-corrected chi connectivity index (χ1v) is 12.6. The molecule has 2 aromatic rings. The summed E-state index contributed by atoms with van der Waals surface area (Å²) in [6.45, 7) is 6.67. The number of piperazine rings is 1. The molecule has 0 saturated carbocycles. The molecule has 196 valence electrons. The smallest absolute Gasteiger partial charge is 0.270 e. The van der Waals surface area contributed by atoms with Crippen LogP contribution in [0, 0.1) is 10.1 Å². The number of rotatable bonds is 6. The van der Waals surface area contributed by atoms with Crippen molar-refractivity contribution in [3.05, 3.63) is 58.1 Å². The van der Waals surface area contributed by atoms with Crippen LogP contribution in [-0.4, -0.2) is 79.2 Å². The van der Waals surface area contributed by atoms with Crippen molar-refractivity contribution in [2.24, 2.45) is 0 Å². The van der Waals surface area contributed by atoms with Crippen molar-refractivity contribution in [3.63, 3.8) is 0 Å². The fraction of sp³-hybridized carbons (Fsp3) is 0.400. The SMILES string of the molecule is CCC(=O)N1CCN(c2ccccc2NC(=S)NC(=O)c2cc([N+](=O)[O-])ccc2N2CCOCC2)CC1. The predicted octanol–water partition coefficient (Wildman–Crippen LogP) is 2.62. The van der Waals surface area contributed by atoms with Crippen LogP contribution in [0.2, 0.25) is 0 Å². The zero-order chi connectivity index (χ0) is 26.4. The number of morpholine rings is 1. The molecule has 2 saturated heterocycles. The first kappa shape index (κ1) is 26.3. The highest BCUT2D eigenvalue weighted by Gasteiger charge is 2.24. The van der Waals surface area contributed by atoms with Gasteiger partial charge in [-0.3, -0.25) is 25.0 Å². The molecule has 0 aliphatic carbocycles. The van der Waals surface area contributed by atoms with Gasteiger partial charge in [0.2, 0.25) is 5.91 Å². The molecule has 0 atom stereocenters. The average molecular weight is 527 g/mol. The number of para-hydroxylation sites is 2. The Morgan fingerprint density at radius 3 is 2.35 bits per heavy atom. The second kappa shape index (κ2) is 12.0. The van der Waals surface area contributed by atoms with Crippen LogP contribution in [0.3, 0.4) is 0 Å². The number of benzene rings is 2. The van der Waals surface area contributed by atoms with Gasteiger partial charge in [-0.1, -0.05) is 19.1 Å². The minimum absolute atomic E-state index is 0.0803. The minimum Gasteiger partial charge on any atom is -0.378 e. The van der Waals surface area contributed by atoms with Gasteiger partial charge in [-0.15, -0.1) is 0 Å². The van der Waals surface area contributed by atoms with Crippen molar-refractivity contribution in [2.45, 2.75) is 13.3 Å². The Hall–Kier alpha value is -3.77. The molecule has 2 aliphatic rings. The van der Waals surface area contributed by atoms with Crippen LogP contribution in [0.25, 0.3) is 0 Å². The van der Waals surface area contributed by atoms with E-state index in [1.54, 1.807) is 6.07 Å². The van der Waals surface area contributed by atoms with E-state index in [1.165, 1.54) is 12.1 Å². The molecule has 4 rings (SSSR count). The maximum absolute atomic E-state index is 13.2. The number of thiocarbonyl (C=S) groups is 1. The van der Waals surface area contributed by atoms with E-state index in [0.29, 0.717) is 64.6 Å². The molecule has 2 aromatic carbocycles. The molecule has 11 nitrogen and oxygen atoms in total. The van der Waals surface area contributed by atoms with Crippen LogP contribution in [0.1, 0.15) is 23.7 Å². The summed E-state index contributed by atoms with van der Waals surface area (Å²) in [6.07, 6.45) is 0.490. The molecule has 0 spiro atoms. The number of nitro groups is 1. The van der Waals surface area contributed by atoms with Gasteiger partial charge in [0.25, 0.3) is 11.6 Å². The molecule has 2 amide bonds. The maximum Gasteiger partial charge on any atom is 0.270 e. The van der Waals surface area contributed by atoms with Crippen molar-refractivity contribution in [3.8, 4) is 0 Å². The number of nitro benzene ring substituents is 1. The van der Waals surface area contributed by atoms with Gasteiger partial charge in [-0.2, -0.15) is 0 Å². The Kier molecular flexibility index (Phi) is 8.51. The Bertz CT molecular complexity index is 1180. The average Bonchev–Trinajstić information content (AvgIpc) is 2.93. The summed E-state index contributed by atoms with van der Waals surface area (Å²) in [6, 6.07) is 11.9. The van der Waals surface area contributed by atoms with Gasteiger partial charge < -0.3 is 24.8 Å². The molecular formula is C25H30N6O5S. The minimum atomic E-state index is -0.535. The number of carbonyl (C=O) groups is 2. The zero-order valence-electron chi connectivity index (χ0n) is 20.6. The van der Waals surface area contributed by atoms with Crippen LogP contribution < -0.4 is 20.4 Å². The van der Waals surface area contributed by atoms with Gasteiger partial charge >= 0.3 is 0 Å². The number of ether oxygens (including phenoxy) is 1. The van der Waals surface area contributed by atoms with Gasteiger partial charge in [-0.05, 0) is 30.4 Å². The molecule has 12 heteroatoms. The molecule has 2 N–H and O–H groups in total. The first-order valence-electron chi connectivity index (χ1n) is 12.2. The Labute approximate surface area is 220 Å². The van der Waals surface area contributed by atoms with Crippen LogP contribution in [0.15, 0.2) is 42.5 Å². The van der Waals surface area contributed by atoms with E-state index in [4.69, 9.17) is 17.0 Å². The number of anilines is 3. The second-order valence-corrected chi connectivity index (χ2v) is 9.11. The summed E-state index contributed by atoms with van der Waals surface area (Å²) < 4.78 is 5.39. The third kappa shape index (κ3) is 6.33. The molecule has 0 radical (unpaired) electrons. The first-order chi connectivity index (χ1) is 17.9. The quantitative estimate of drug-likeness (QED) is 0.332. The van der Waals surface area contributed by atoms with E-state index < -0.39 is 10.8 Å². The number of nitrogens with zero attached hydrogens (tertiary/aromatic N) is 4. The normalized spacial score (nSPS) is 15.8. The third-order valence-corrected chi connectivity index (χ3v) is 6.65. The second-order valence-electron chi connectivity index (χ2n) is 8.70. The molecule has 2 fully saturated rings. The molecule has 37 heavy (non-hydrogen) atoms. The molecule has 0 bridgehead atoms. The van der Waals surface area contributed by atoms with E-state index in [1.807, 2.05) is 41.0 Å². The van der Waals surface area contributed by atoms with Gasteiger partial charge in [0.05, 0.1) is 40.8 Å². The highest BCUT2D eigenvalue weighted by atomic mass is 32.1. The summed E-state index contributed by atoms with van der Waals surface area (Å²) in [5.41, 5.74) is 2.22. The number of amides is 2. The van der Waals surface area contributed by atoms with E-state index in [0.717, 1.165) is 11.4 Å². The Morgan fingerprint density at radius 2 is 1.68 bits per heavy atom. The van der Waals surface area contributed by atoms with Gasteiger partial charge in [0.15, 0.2) is 5.11 Å². The lowest BCUT2D eigenvalue weighted by atomic mass is 10.1. The fourth-order valence-electron chi connectivity index (χ4n) is 4.50. The third-order valence-electron chi connectivity index (χ3n) is 6.44. The van der Waals surface area contributed by atoms with Crippen LogP contribution in [-0.2, 0) is 9.53 Å². The molecule has 0 aromatic heterocycles. The highest BCUT2D eigenvalue weighted by Crippen LogP contribution is 2.28. The number of non-ortho nitro benzene ring substituents is 1. The van der Waals surface area contributed by atoms with Crippen molar-refractivity contribution in [2.75, 3.05) is 67.6 Å². The lowest BCUT2D eigenvalue weighted by molar-refractivity contribution is -0.384. The number of nitrogens with one attached hydrogen (secondary N) is 2. The van der Waals surface area contributed by atoms with E-state index >= 15 is 0 Å². The van der Waals surface area contributed by atoms with E-state index in [2.05, 4.69) is 15.5 Å².